The van der Waals surface area contributed by atoms with Crippen molar-refractivity contribution in [2.24, 2.45) is 0 Å². The first kappa shape index (κ1) is 23.7. The minimum absolute atomic E-state index is 0.0728. The Kier molecular flexibility index (Phi) is 6.28. The van der Waals surface area contributed by atoms with Gasteiger partial charge in [-0.25, -0.2) is 13.4 Å². The van der Waals surface area contributed by atoms with Crippen molar-refractivity contribution in [3.63, 3.8) is 0 Å². The lowest BCUT2D eigenvalue weighted by Gasteiger charge is -2.16. The Bertz CT molecular complexity index is 1430. The Balaban J connectivity index is 1.62. The molecule has 4 aromatic heterocycles. The third-order valence-corrected chi connectivity index (χ3v) is 7.90. The lowest BCUT2D eigenvalue weighted by molar-refractivity contribution is 0.0966. The molecule has 0 bridgehead atoms. The normalized spacial score (nSPS) is 11.9. The monoisotopic (exact) mass is 481 g/mol. The average molecular weight is 482 g/mol. The zero-order valence-corrected chi connectivity index (χ0v) is 20.6. The summed E-state index contributed by atoms with van der Waals surface area (Å²) in [7, 11) is -2.34. The van der Waals surface area contributed by atoms with Crippen molar-refractivity contribution in [3.05, 3.63) is 83.0 Å². The first-order valence-electron chi connectivity index (χ1n) is 10.8. The van der Waals surface area contributed by atoms with E-state index in [0.717, 1.165) is 17.2 Å². The molecule has 0 atom stereocenters. The number of aryl methyl sites for hydroxylation is 2. The number of furan rings is 1. The number of Topliss-reactive ketones (excluding diaryl/α,β-unsaturated/α-hetero) is 1. The van der Waals surface area contributed by atoms with E-state index in [9.17, 15) is 13.2 Å². The Morgan fingerprint density at radius 1 is 1.09 bits per heavy atom. The third kappa shape index (κ3) is 4.22. The molecule has 0 saturated heterocycles. The summed E-state index contributed by atoms with van der Waals surface area (Å²) in [6, 6.07) is 10.9. The maximum absolute atomic E-state index is 13.3. The summed E-state index contributed by atoms with van der Waals surface area (Å²) in [6.07, 6.45) is 3.21. The van der Waals surface area contributed by atoms with Gasteiger partial charge in [-0.2, -0.15) is 9.40 Å². The van der Waals surface area contributed by atoms with Crippen LogP contribution in [-0.4, -0.2) is 44.9 Å². The molecular weight excluding hydrogens is 454 g/mol. The fourth-order valence-electron chi connectivity index (χ4n) is 4.18. The molecular formula is C24H27N5O4S. The fourth-order valence-corrected chi connectivity index (χ4v) is 5.68. The molecule has 0 aliphatic carbocycles. The summed E-state index contributed by atoms with van der Waals surface area (Å²) in [5, 5.41) is 4.39. The fraction of sp³-hybridized carbons (Fsp3) is 0.292. The van der Waals surface area contributed by atoms with Gasteiger partial charge in [0, 0.05) is 30.2 Å². The highest BCUT2D eigenvalue weighted by Gasteiger charge is 2.30. The lowest BCUT2D eigenvalue weighted by atomic mass is 10.1. The number of hydrogen-bond acceptors (Lipinski definition) is 6. The van der Waals surface area contributed by atoms with Crippen LogP contribution in [0.4, 0.5) is 0 Å². The van der Waals surface area contributed by atoms with E-state index in [2.05, 4.69) is 10.1 Å². The van der Waals surface area contributed by atoms with Crippen LogP contribution in [0.25, 0.3) is 5.82 Å². The van der Waals surface area contributed by atoms with E-state index in [1.165, 1.54) is 22.3 Å². The Hall–Kier alpha value is -3.50. The van der Waals surface area contributed by atoms with Crippen molar-refractivity contribution in [1.82, 2.24) is 23.6 Å². The minimum atomic E-state index is -3.84. The molecule has 10 heteroatoms. The molecule has 0 radical (unpaired) electrons. The van der Waals surface area contributed by atoms with Gasteiger partial charge < -0.3 is 8.98 Å². The van der Waals surface area contributed by atoms with Gasteiger partial charge in [0.2, 0.25) is 10.0 Å². The quantitative estimate of drug-likeness (QED) is 0.356. The molecule has 0 N–H and O–H groups in total. The maximum atomic E-state index is 13.3. The van der Waals surface area contributed by atoms with Crippen LogP contribution in [0.1, 0.15) is 38.9 Å². The maximum Gasteiger partial charge on any atom is 0.246 e. The zero-order valence-electron chi connectivity index (χ0n) is 19.8. The summed E-state index contributed by atoms with van der Waals surface area (Å²) in [5.41, 5.74) is 2.96. The second-order valence-corrected chi connectivity index (χ2v) is 10.2. The molecule has 0 aliphatic rings. The van der Waals surface area contributed by atoms with Crippen LogP contribution in [0.3, 0.4) is 0 Å². The molecule has 0 fully saturated rings. The van der Waals surface area contributed by atoms with Crippen molar-refractivity contribution >= 4 is 15.8 Å². The highest BCUT2D eigenvalue weighted by Crippen LogP contribution is 2.25. The van der Waals surface area contributed by atoms with Gasteiger partial charge in [-0.15, -0.1) is 0 Å². The SMILES string of the molecule is Cc1nn(CC(=O)c2cc(C)n(-c3ccccn3)c2C)c(C)c1S(=O)(=O)N(C)Cc1ccco1. The molecule has 4 aromatic rings. The number of ketones is 1. The van der Waals surface area contributed by atoms with Gasteiger partial charge >= 0.3 is 0 Å². The van der Waals surface area contributed by atoms with Gasteiger partial charge in [0.15, 0.2) is 5.78 Å². The highest BCUT2D eigenvalue weighted by molar-refractivity contribution is 7.89. The number of aromatic nitrogens is 4. The smallest absolute Gasteiger partial charge is 0.246 e. The number of nitrogens with zero attached hydrogens (tertiary/aromatic N) is 5. The largest absolute Gasteiger partial charge is 0.468 e. The number of sulfonamides is 1. The van der Waals surface area contributed by atoms with E-state index in [0.29, 0.717) is 22.7 Å². The topological polar surface area (TPSA) is 103 Å². The number of hydrogen-bond donors (Lipinski definition) is 0. The lowest BCUT2D eigenvalue weighted by Crippen LogP contribution is -2.27. The second kappa shape index (κ2) is 9.03. The summed E-state index contributed by atoms with van der Waals surface area (Å²) < 4.78 is 36.4. The third-order valence-electron chi connectivity index (χ3n) is 5.85. The van der Waals surface area contributed by atoms with Crippen LogP contribution < -0.4 is 0 Å². The molecule has 34 heavy (non-hydrogen) atoms. The van der Waals surface area contributed by atoms with E-state index in [1.54, 1.807) is 32.2 Å². The summed E-state index contributed by atoms with van der Waals surface area (Å²) >= 11 is 0. The molecule has 0 amide bonds. The van der Waals surface area contributed by atoms with Crippen molar-refractivity contribution in [2.75, 3.05) is 7.05 Å². The molecule has 0 spiro atoms. The summed E-state index contributed by atoms with van der Waals surface area (Å²) in [5.74, 6) is 1.11. The van der Waals surface area contributed by atoms with Crippen LogP contribution >= 0.6 is 0 Å². The number of carbonyl (C=O) groups excluding carboxylic acids is 1. The number of rotatable bonds is 8. The zero-order chi connectivity index (χ0) is 24.6. The van der Waals surface area contributed by atoms with Crippen molar-refractivity contribution in [2.45, 2.75) is 45.7 Å². The predicted octanol–water partition coefficient (Wildman–Crippen LogP) is 3.60. The van der Waals surface area contributed by atoms with Crippen LogP contribution in [0, 0.1) is 27.7 Å². The highest BCUT2D eigenvalue weighted by atomic mass is 32.2. The first-order chi connectivity index (χ1) is 16.1. The van der Waals surface area contributed by atoms with Crippen molar-refractivity contribution in [1.29, 1.82) is 0 Å². The molecule has 0 aliphatic heterocycles. The van der Waals surface area contributed by atoms with Crippen LogP contribution in [-0.2, 0) is 23.1 Å². The van der Waals surface area contributed by atoms with Crippen molar-refractivity contribution in [3.8, 4) is 5.82 Å². The Labute approximate surface area is 198 Å². The predicted molar refractivity (Wildman–Crippen MR) is 126 cm³/mol. The molecule has 0 unspecified atom stereocenters. The van der Waals surface area contributed by atoms with E-state index in [1.807, 2.05) is 42.7 Å². The Morgan fingerprint density at radius 3 is 2.50 bits per heavy atom. The summed E-state index contributed by atoms with van der Waals surface area (Å²) in [4.78, 5) is 17.7. The van der Waals surface area contributed by atoms with Gasteiger partial charge in [-0.1, -0.05) is 6.07 Å². The number of carbonyl (C=O) groups is 1. The minimum Gasteiger partial charge on any atom is -0.468 e. The second-order valence-electron chi connectivity index (χ2n) is 8.23. The molecule has 0 saturated carbocycles. The molecule has 4 heterocycles. The van der Waals surface area contributed by atoms with Gasteiger partial charge in [-0.05, 0) is 58.0 Å². The van der Waals surface area contributed by atoms with E-state index in [4.69, 9.17) is 4.42 Å². The summed E-state index contributed by atoms with van der Waals surface area (Å²) in [6.45, 7) is 7.11. The van der Waals surface area contributed by atoms with Gasteiger partial charge in [0.25, 0.3) is 0 Å². The Morgan fingerprint density at radius 2 is 1.85 bits per heavy atom. The molecule has 0 aromatic carbocycles. The standard InChI is InChI=1S/C24H27N5O4S/c1-16-13-21(18(3)29(16)23-10-6-7-11-25-23)22(30)15-28-19(4)24(17(2)26-28)34(31,32)27(5)14-20-9-8-12-33-20/h6-13H,14-15H2,1-5H3. The van der Waals surface area contributed by atoms with Gasteiger partial charge in [0.1, 0.15) is 23.0 Å². The molecule has 9 nitrogen and oxygen atoms in total. The average Bonchev–Trinajstić information content (AvgIpc) is 3.47. The van der Waals surface area contributed by atoms with E-state index in [-0.39, 0.29) is 23.8 Å². The van der Waals surface area contributed by atoms with Gasteiger partial charge in [0.05, 0.1) is 24.2 Å². The number of pyridine rings is 1. The van der Waals surface area contributed by atoms with Crippen LogP contribution in [0.5, 0.6) is 0 Å². The van der Waals surface area contributed by atoms with E-state index >= 15 is 0 Å². The van der Waals surface area contributed by atoms with Gasteiger partial charge in [-0.3, -0.25) is 9.48 Å². The molecule has 4 rings (SSSR count). The van der Waals surface area contributed by atoms with Crippen LogP contribution in [0.2, 0.25) is 0 Å². The molecule has 178 valence electrons. The first-order valence-corrected chi connectivity index (χ1v) is 12.2. The van der Waals surface area contributed by atoms with E-state index < -0.39 is 10.0 Å². The van der Waals surface area contributed by atoms with Crippen LogP contribution in [0.15, 0.2) is 58.2 Å². The van der Waals surface area contributed by atoms with Crippen molar-refractivity contribution < 1.29 is 17.6 Å².